The summed E-state index contributed by atoms with van der Waals surface area (Å²) in [5.74, 6) is -0.0775. The van der Waals surface area contributed by atoms with Gasteiger partial charge in [0.2, 0.25) is 0 Å². The van der Waals surface area contributed by atoms with E-state index in [1.54, 1.807) is 38.2 Å². The van der Waals surface area contributed by atoms with Gasteiger partial charge in [-0.1, -0.05) is 15.9 Å². The number of carboxylic acid groups (broad SMARTS) is 1. The molecule has 1 aromatic heterocycles. The SMILES string of the molecule is CC(C)(O)COC1=CC=C(Br)CC1Cn1ncc2cc(C(=O)O)ccc21. The van der Waals surface area contributed by atoms with E-state index >= 15 is 0 Å². The molecule has 1 atom stereocenters. The number of benzene rings is 1. The van der Waals surface area contributed by atoms with Gasteiger partial charge in [0.1, 0.15) is 12.4 Å². The predicted octanol–water partition coefficient (Wildman–Crippen LogP) is 3.70. The van der Waals surface area contributed by atoms with E-state index in [0.29, 0.717) is 6.54 Å². The number of aromatic nitrogens is 2. The van der Waals surface area contributed by atoms with Gasteiger partial charge in [0.25, 0.3) is 0 Å². The van der Waals surface area contributed by atoms with Crippen molar-refractivity contribution in [3.05, 3.63) is 52.4 Å². The zero-order chi connectivity index (χ0) is 18.9. The van der Waals surface area contributed by atoms with Gasteiger partial charge < -0.3 is 14.9 Å². The quantitative estimate of drug-likeness (QED) is 0.743. The lowest BCUT2D eigenvalue weighted by molar-refractivity contribution is -0.00473. The molecule has 0 bridgehead atoms. The Morgan fingerprint density at radius 1 is 1.42 bits per heavy atom. The fourth-order valence-corrected chi connectivity index (χ4v) is 3.39. The van der Waals surface area contributed by atoms with Crippen LogP contribution in [0, 0.1) is 5.92 Å². The molecule has 1 aliphatic rings. The maximum Gasteiger partial charge on any atom is 0.335 e. The monoisotopic (exact) mass is 420 g/mol. The second kappa shape index (κ2) is 7.25. The van der Waals surface area contributed by atoms with Crippen LogP contribution < -0.4 is 0 Å². The van der Waals surface area contributed by atoms with Gasteiger partial charge in [-0.25, -0.2) is 4.79 Å². The van der Waals surface area contributed by atoms with Gasteiger partial charge in [-0.05, 0) is 55.1 Å². The van der Waals surface area contributed by atoms with Crippen LogP contribution in [0.4, 0.5) is 0 Å². The Morgan fingerprint density at radius 3 is 2.88 bits per heavy atom. The molecular formula is C19H21BrN2O4. The van der Waals surface area contributed by atoms with Crippen molar-refractivity contribution in [3.8, 4) is 0 Å². The van der Waals surface area contributed by atoms with E-state index in [1.807, 2.05) is 16.8 Å². The lowest BCUT2D eigenvalue weighted by atomic mass is 9.98. The molecule has 0 aliphatic heterocycles. The number of hydrogen-bond donors (Lipinski definition) is 2. The standard InChI is InChI=1S/C19H21BrN2O4/c1-19(2,25)11-26-17-6-4-15(20)8-14(17)10-22-16-5-3-12(18(23)24)7-13(16)9-21-22/h3-7,9,14,25H,8,10-11H2,1-2H3,(H,23,24). The molecule has 26 heavy (non-hydrogen) atoms. The third-order valence-corrected chi connectivity index (χ3v) is 4.73. The maximum absolute atomic E-state index is 11.1. The first kappa shape index (κ1) is 18.7. The number of rotatable bonds is 6. The van der Waals surface area contributed by atoms with Crippen LogP contribution in [0.3, 0.4) is 0 Å². The molecule has 2 N–H and O–H groups in total. The zero-order valence-corrected chi connectivity index (χ0v) is 16.2. The van der Waals surface area contributed by atoms with Crippen LogP contribution in [0.15, 0.2) is 46.8 Å². The summed E-state index contributed by atoms with van der Waals surface area (Å²) in [6.07, 6.45) is 6.32. The minimum Gasteiger partial charge on any atom is -0.495 e. The summed E-state index contributed by atoms with van der Waals surface area (Å²) < 4.78 is 8.78. The summed E-state index contributed by atoms with van der Waals surface area (Å²) in [4.78, 5) is 11.1. The van der Waals surface area contributed by atoms with Crippen LogP contribution in [0.25, 0.3) is 10.9 Å². The molecular weight excluding hydrogens is 400 g/mol. The largest absolute Gasteiger partial charge is 0.495 e. The topological polar surface area (TPSA) is 84.6 Å². The van der Waals surface area contributed by atoms with Gasteiger partial charge in [-0.3, -0.25) is 4.68 Å². The van der Waals surface area contributed by atoms with Gasteiger partial charge in [0.15, 0.2) is 0 Å². The molecule has 1 aromatic carbocycles. The molecule has 1 heterocycles. The fourth-order valence-electron chi connectivity index (χ4n) is 2.87. The summed E-state index contributed by atoms with van der Waals surface area (Å²) in [5.41, 5.74) is 0.215. The van der Waals surface area contributed by atoms with E-state index in [2.05, 4.69) is 21.0 Å². The van der Waals surface area contributed by atoms with E-state index in [0.717, 1.165) is 27.6 Å². The number of nitrogens with zero attached hydrogens (tertiary/aromatic N) is 2. The number of halogens is 1. The van der Waals surface area contributed by atoms with Crippen LogP contribution in [0.2, 0.25) is 0 Å². The number of carboxylic acids is 1. The molecule has 0 amide bonds. The molecule has 0 spiro atoms. The van der Waals surface area contributed by atoms with Crippen LogP contribution in [-0.4, -0.2) is 38.2 Å². The van der Waals surface area contributed by atoms with Gasteiger partial charge in [-0.2, -0.15) is 5.10 Å². The molecule has 6 nitrogen and oxygen atoms in total. The molecule has 0 radical (unpaired) electrons. The molecule has 2 aromatic rings. The van der Waals surface area contributed by atoms with Gasteiger partial charge in [0.05, 0.1) is 29.4 Å². The molecule has 1 aliphatic carbocycles. The van der Waals surface area contributed by atoms with E-state index in [1.165, 1.54) is 0 Å². The van der Waals surface area contributed by atoms with Crippen molar-refractivity contribution in [1.82, 2.24) is 9.78 Å². The fraction of sp³-hybridized carbons (Fsp3) is 0.368. The number of aromatic carboxylic acids is 1. The van der Waals surface area contributed by atoms with Crippen molar-refractivity contribution in [2.24, 2.45) is 5.92 Å². The Bertz CT molecular complexity index is 893. The molecule has 138 valence electrons. The predicted molar refractivity (Wildman–Crippen MR) is 102 cm³/mol. The number of allylic oxidation sites excluding steroid dienone is 4. The van der Waals surface area contributed by atoms with Crippen molar-refractivity contribution < 1.29 is 19.7 Å². The van der Waals surface area contributed by atoms with Crippen molar-refractivity contribution in [2.75, 3.05) is 6.61 Å². The van der Waals surface area contributed by atoms with Gasteiger partial charge in [0, 0.05) is 11.3 Å². The van der Waals surface area contributed by atoms with Crippen LogP contribution in [-0.2, 0) is 11.3 Å². The Labute approximate surface area is 159 Å². The van der Waals surface area contributed by atoms with Crippen LogP contribution in [0.5, 0.6) is 0 Å². The summed E-state index contributed by atoms with van der Waals surface area (Å²) >= 11 is 3.54. The summed E-state index contributed by atoms with van der Waals surface area (Å²) in [7, 11) is 0. The Hall–Kier alpha value is -2.12. The Kier molecular flexibility index (Phi) is 5.20. The van der Waals surface area contributed by atoms with E-state index in [9.17, 15) is 9.90 Å². The van der Waals surface area contributed by atoms with Crippen molar-refractivity contribution in [2.45, 2.75) is 32.4 Å². The summed E-state index contributed by atoms with van der Waals surface area (Å²) in [6.45, 7) is 4.22. The summed E-state index contributed by atoms with van der Waals surface area (Å²) in [5, 5.41) is 24.2. The Morgan fingerprint density at radius 2 is 2.19 bits per heavy atom. The average Bonchev–Trinajstić information content (AvgIpc) is 2.95. The maximum atomic E-state index is 11.1. The first-order chi connectivity index (χ1) is 12.2. The first-order valence-corrected chi connectivity index (χ1v) is 9.12. The van der Waals surface area contributed by atoms with E-state index < -0.39 is 11.6 Å². The smallest absolute Gasteiger partial charge is 0.335 e. The third kappa shape index (κ3) is 4.34. The van der Waals surface area contributed by atoms with Crippen molar-refractivity contribution >= 4 is 32.8 Å². The highest BCUT2D eigenvalue weighted by atomic mass is 79.9. The zero-order valence-electron chi connectivity index (χ0n) is 14.6. The van der Waals surface area contributed by atoms with E-state index in [-0.39, 0.29) is 18.1 Å². The molecule has 0 fully saturated rings. The second-order valence-electron chi connectivity index (χ2n) is 7.09. The second-order valence-corrected chi connectivity index (χ2v) is 8.11. The number of hydrogen-bond acceptors (Lipinski definition) is 4. The van der Waals surface area contributed by atoms with Crippen molar-refractivity contribution in [3.63, 3.8) is 0 Å². The number of fused-ring (bicyclic) bond motifs is 1. The van der Waals surface area contributed by atoms with Crippen molar-refractivity contribution in [1.29, 1.82) is 0 Å². The Balaban J connectivity index is 1.82. The minimum atomic E-state index is -0.953. The highest BCUT2D eigenvalue weighted by molar-refractivity contribution is 9.11. The lowest BCUT2D eigenvalue weighted by Crippen LogP contribution is -2.28. The number of ether oxygens (including phenoxy) is 1. The molecule has 3 rings (SSSR count). The highest BCUT2D eigenvalue weighted by Gasteiger charge is 2.24. The lowest BCUT2D eigenvalue weighted by Gasteiger charge is -2.26. The van der Waals surface area contributed by atoms with E-state index in [4.69, 9.17) is 9.84 Å². The first-order valence-electron chi connectivity index (χ1n) is 8.33. The highest BCUT2D eigenvalue weighted by Crippen LogP contribution is 2.32. The third-order valence-electron chi connectivity index (χ3n) is 4.15. The van der Waals surface area contributed by atoms with Gasteiger partial charge >= 0.3 is 5.97 Å². The number of carbonyl (C=O) groups is 1. The normalized spacial score (nSPS) is 17.8. The molecule has 1 unspecified atom stereocenters. The molecule has 7 heteroatoms. The number of aliphatic hydroxyl groups is 1. The molecule has 0 saturated carbocycles. The minimum absolute atomic E-state index is 0.0685. The van der Waals surface area contributed by atoms with Crippen LogP contribution in [0.1, 0.15) is 30.6 Å². The average molecular weight is 421 g/mol. The van der Waals surface area contributed by atoms with Gasteiger partial charge in [-0.15, -0.1) is 0 Å². The van der Waals surface area contributed by atoms with Crippen LogP contribution >= 0.6 is 15.9 Å². The molecule has 0 saturated heterocycles. The summed E-state index contributed by atoms with van der Waals surface area (Å²) in [6, 6.07) is 4.99.